The first kappa shape index (κ1) is 16.1. The van der Waals surface area contributed by atoms with Gasteiger partial charge < -0.3 is 15.0 Å². The van der Waals surface area contributed by atoms with Crippen LogP contribution in [0.2, 0.25) is 0 Å². The Morgan fingerprint density at radius 3 is 3.27 bits per heavy atom. The van der Waals surface area contributed by atoms with Gasteiger partial charge in [0.2, 0.25) is 0 Å². The van der Waals surface area contributed by atoms with Crippen molar-refractivity contribution in [2.24, 2.45) is 10.4 Å². The summed E-state index contributed by atoms with van der Waals surface area (Å²) in [5.41, 5.74) is 0.387. The van der Waals surface area contributed by atoms with Crippen molar-refractivity contribution < 1.29 is 4.74 Å². The number of thioether (sulfide) groups is 1. The lowest BCUT2D eigenvalue weighted by Crippen LogP contribution is -2.41. The van der Waals surface area contributed by atoms with Gasteiger partial charge in [0.1, 0.15) is 4.34 Å². The number of aromatic nitrogens is 1. The van der Waals surface area contributed by atoms with Crippen LogP contribution in [0.1, 0.15) is 19.3 Å². The highest BCUT2D eigenvalue weighted by Crippen LogP contribution is 2.38. The number of nitrogens with zero attached hydrogens (tertiary/aromatic N) is 3. The zero-order valence-corrected chi connectivity index (χ0v) is 14.7. The number of thiazole rings is 1. The van der Waals surface area contributed by atoms with E-state index in [4.69, 9.17) is 4.74 Å². The van der Waals surface area contributed by atoms with Gasteiger partial charge >= 0.3 is 0 Å². The monoisotopic (exact) mass is 340 g/mol. The molecule has 1 aromatic rings. The Labute approximate surface area is 140 Å². The van der Waals surface area contributed by atoms with Crippen LogP contribution >= 0.6 is 23.1 Å². The van der Waals surface area contributed by atoms with Crippen LogP contribution in [0.5, 0.6) is 0 Å². The maximum Gasteiger partial charge on any atom is 0.193 e. The summed E-state index contributed by atoms with van der Waals surface area (Å²) in [7, 11) is 1.88. The zero-order chi connectivity index (χ0) is 15.3. The Bertz CT molecular complexity index is 486. The van der Waals surface area contributed by atoms with Crippen LogP contribution in [0, 0.1) is 5.41 Å². The fourth-order valence-electron chi connectivity index (χ4n) is 3.13. The van der Waals surface area contributed by atoms with Gasteiger partial charge in [0, 0.05) is 56.0 Å². The maximum atomic E-state index is 5.60. The molecule has 0 radical (unpaired) electrons. The number of guanidine groups is 1. The van der Waals surface area contributed by atoms with E-state index in [1.165, 1.54) is 12.8 Å². The fraction of sp³-hybridized carbons (Fsp3) is 0.733. The van der Waals surface area contributed by atoms with E-state index in [0.29, 0.717) is 5.41 Å². The summed E-state index contributed by atoms with van der Waals surface area (Å²) >= 11 is 3.54. The third-order valence-electron chi connectivity index (χ3n) is 4.37. The molecule has 1 spiro atoms. The first-order valence-corrected chi connectivity index (χ1v) is 9.74. The van der Waals surface area contributed by atoms with E-state index < -0.39 is 0 Å². The molecule has 3 heterocycles. The van der Waals surface area contributed by atoms with Gasteiger partial charge in [0.25, 0.3) is 0 Å². The minimum atomic E-state index is 0.387. The third kappa shape index (κ3) is 3.94. The van der Waals surface area contributed by atoms with Gasteiger partial charge in [-0.15, -0.1) is 11.3 Å². The van der Waals surface area contributed by atoms with Crippen molar-refractivity contribution in [1.82, 2.24) is 15.2 Å². The molecule has 0 bridgehead atoms. The summed E-state index contributed by atoms with van der Waals surface area (Å²) < 4.78 is 6.76. The average molecular weight is 341 g/mol. The van der Waals surface area contributed by atoms with Crippen LogP contribution < -0.4 is 5.32 Å². The van der Waals surface area contributed by atoms with Crippen molar-refractivity contribution in [3.63, 3.8) is 0 Å². The number of hydrogen-bond acceptors (Lipinski definition) is 5. The number of rotatable bonds is 5. The summed E-state index contributed by atoms with van der Waals surface area (Å²) in [6, 6.07) is 0. The molecule has 1 aromatic heterocycles. The molecule has 2 aliphatic heterocycles. The molecule has 0 aliphatic carbocycles. The predicted molar refractivity (Wildman–Crippen MR) is 92.9 cm³/mol. The number of aliphatic imine (C=N–C) groups is 1. The van der Waals surface area contributed by atoms with E-state index in [-0.39, 0.29) is 0 Å². The topological polar surface area (TPSA) is 49.8 Å². The highest BCUT2D eigenvalue weighted by molar-refractivity contribution is 8.00. The predicted octanol–water partition coefficient (Wildman–Crippen LogP) is 2.31. The molecular formula is C15H24N4OS2. The van der Waals surface area contributed by atoms with E-state index in [9.17, 15) is 0 Å². The van der Waals surface area contributed by atoms with E-state index in [0.717, 1.165) is 55.3 Å². The minimum absolute atomic E-state index is 0.387. The van der Waals surface area contributed by atoms with Gasteiger partial charge in [-0.2, -0.15) is 0 Å². The van der Waals surface area contributed by atoms with Crippen LogP contribution in [0.4, 0.5) is 0 Å². The fourth-order valence-corrected chi connectivity index (χ4v) is 4.78. The summed E-state index contributed by atoms with van der Waals surface area (Å²) in [6.07, 6.45) is 5.41. The second-order valence-corrected chi connectivity index (χ2v) is 8.18. The van der Waals surface area contributed by atoms with Crippen molar-refractivity contribution in [3.05, 3.63) is 11.6 Å². The normalized spacial score (nSPS) is 25.3. The molecule has 2 saturated heterocycles. The van der Waals surface area contributed by atoms with Crippen LogP contribution in [-0.2, 0) is 4.74 Å². The van der Waals surface area contributed by atoms with Crippen LogP contribution in [-0.4, -0.2) is 61.5 Å². The number of hydrogen-bond donors (Lipinski definition) is 1. The molecule has 1 atom stereocenters. The summed E-state index contributed by atoms with van der Waals surface area (Å²) in [5.74, 6) is 2.14. The molecule has 2 fully saturated rings. The molecule has 5 nitrogen and oxygen atoms in total. The van der Waals surface area contributed by atoms with Crippen molar-refractivity contribution in [2.75, 3.05) is 45.6 Å². The van der Waals surface area contributed by atoms with Gasteiger partial charge in [-0.05, 0) is 19.3 Å². The Kier molecular flexibility index (Phi) is 5.60. The molecule has 0 aromatic carbocycles. The Morgan fingerprint density at radius 2 is 2.55 bits per heavy atom. The first-order valence-electron chi connectivity index (χ1n) is 7.87. The molecule has 3 rings (SSSR count). The molecule has 1 unspecified atom stereocenters. The highest BCUT2D eigenvalue weighted by atomic mass is 32.2. The molecule has 0 amide bonds. The van der Waals surface area contributed by atoms with E-state index in [2.05, 4.69) is 20.2 Å². The van der Waals surface area contributed by atoms with Gasteiger partial charge in [-0.3, -0.25) is 4.99 Å². The van der Waals surface area contributed by atoms with E-state index in [1.807, 2.05) is 30.4 Å². The quantitative estimate of drug-likeness (QED) is 0.386. The van der Waals surface area contributed by atoms with Crippen molar-refractivity contribution in [2.45, 2.75) is 23.6 Å². The molecule has 122 valence electrons. The second-order valence-electron chi connectivity index (χ2n) is 5.95. The van der Waals surface area contributed by atoms with Crippen LogP contribution in [0.3, 0.4) is 0 Å². The molecular weight excluding hydrogens is 316 g/mol. The van der Waals surface area contributed by atoms with Gasteiger partial charge in [0.15, 0.2) is 5.96 Å². The molecule has 7 heteroatoms. The molecule has 1 N–H and O–H groups in total. The van der Waals surface area contributed by atoms with Gasteiger partial charge in [0.05, 0.1) is 6.61 Å². The maximum absolute atomic E-state index is 5.60. The highest BCUT2D eigenvalue weighted by Gasteiger charge is 2.42. The molecule has 22 heavy (non-hydrogen) atoms. The smallest absolute Gasteiger partial charge is 0.193 e. The minimum Gasteiger partial charge on any atom is -0.381 e. The van der Waals surface area contributed by atoms with Gasteiger partial charge in [-0.1, -0.05) is 11.8 Å². The SMILES string of the molecule is CN=C(NCCCSc1nccs1)N1CCC2(CCOC2)C1. The second kappa shape index (κ2) is 7.66. The third-order valence-corrected chi connectivity index (χ3v) is 6.43. The number of nitrogens with one attached hydrogen (secondary N) is 1. The standard InChI is InChI=1S/C15H24N4OS2/c1-16-13(17-5-2-9-21-14-18-6-10-22-14)19-7-3-15(11-19)4-8-20-12-15/h6,10H,2-5,7-9,11-12H2,1H3,(H,16,17). The Balaban J connectivity index is 1.37. The van der Waals surface area contributed by atoms with Crippen molar-refractivity contribution in [1.29, 1.82) is 0 Å². The molecule has 2 aliphatic rings. The largest absolute Gasteiger partial charge is 0.381 e. The lowest BCUT2D eigenvalue weighted by atomic mass is 9.87. The summed E-state index contributed by atoms with van der Waals surface area (Å²) in [6.45, 7) is 4.99. The van der Waals surface area contributed by atoms with E-state index in [1.54, 1.807) is 11.3 Å². The van der Waals surface area contributed by atoms with Gasteiger partial charge in [-0.25, -0.2) is 4.98 Å². The van der Waals surface area contributed by atoms with Crippen molar-refractivity contribution in [3.8, 4) is 0 Å². The lowest BCUT2D eigenvalue weighted by molar-refractivity contribution is 0.156. The Morgan fingerprint density at radius 1 is 1.59 bits per heavy atom. The Hall–Kier alpha value is -0.790. The first-order chi connectivity index (χ1) is 10.8. The zero-order valence-electron chi connectivity index (χ0n) is 13.1. The van der Waals surface area contributed by atoms with Crippen LogP contribution in [0.15, 0.2) is 20.9 Å². The molecule has 0 saturated carbocycles. The van der Waals surface area contributed by atoms with Crippen molar-refractivity contribution >= 4 is 29.1 Å². The lowest BCUT2D eigenvalue weighted by Gasteiger charge is -2.24. The summed E-state index contributed by atoms with van der Waals surface area (Å²) in [4.78, 5) is 11.1. The van der Waals surface area contributed by atoms with E-state index >= 15 is 0 Å². The summed E-state index contributed by atoms with van der Waals surface area (Å²) in [5, 5.41) is 5.53. The number of likely N-dealkylation sites (tertiary alicyclic amines) is 1. The average Bonchev–Trinajstić information content (AvgIpc) is 3.27. The number of ether oxygens (including phenoxy) is 1. The van der Waals surface area contributed by atoms with Crippen LogP contribution in [0.25, 0.3) is 0 Å².